The van der Waals surface area contributed by atoms with Crippen molar-refractivity contribution in [1.29, 1.82) is 0 Å². The van der Waals surface area contributed by atoms with Crippen LogP contribution in [0.25, 0.3) is 11.2 Å². The lowest BCUT2D eigenvalue weighted by molar-refractivity contribution is 0.0825. The molecule has 152 valence electrons. The number of aromatic nitrogens is 4. The van der Waals surface area contributed by atoms with E-state index in [0.717, 1.165) is 49.3 Å². The minimum atomic E-state index is -0.814. The smallest absolute Gasteiger partial charge is 0.407 e. The second-order valence-corrected chi connectivity index (χ2v) is 8.20. The molecule has 0 spiro atoms. The molecule has 0 bridgehead atoms. The number of aryl methyl sites for hydroxylation is 1. The molecule has 9 heteroatoms. The summed E-state index contributed by atoms with van der Waals surface area (Å²) in [5, 5.41) is 16.6. The first-order valence-corrected chi connectivity index (χ1v) is 10.1. The molecular weight excluding hydrogens is 358 g/mol. The van der Waals surface area contributed by atoms with Crippen LogP contribution in [-0.2, 0) is 0 Å². The van der Waals surface area contributed by atoms with Crippen LogP contribution in [0.3, 0.4) is 0 Å². The van der Waals surface area contributed by atoms with E-state index < -0.39 is 6.09 Å². The van der Waals surface area contributed by atoms with Gasteiger partial charge in [-0.3, -0.25) is 0 Å². The molecule has 4 heterocycles. The molecule has 28 heavy (non-hydrogen) atoms. The standard InChI is InChI=1S/C19H29N7O2/c1-11(2)26-10-21-16-17(22-12(3)23-18(16)26)24-14-5-7-25(19(27)28)15(8-14)13-4-6-20-9-13/h10-11,13-15,20H,4-9H2,1-3H3,(H,27,28)(H,22,23,24)/t13-,14?,15?/m0/s1. The maximum atomic E-state index is 11.7. The highest BCUT2D eigenvalue weighted by Gasteiger charge is 2.38. The highest BCUT2D eigenvalue weighted by atomic mass is 16.4. The number of piperidine rings is 1. The van der Waals surface area contributed by atoms with Gasteiger partial charge in [0, 0.05) is 24.7 Å². The average Bonchev–Trinajstić information content (AvgIpc) is 3.31. The molecule has 2 aliphatic heterocycles. The van der Waals surface area contributed by atoms with E-state index in [1.54, 1.807) is 4.90 Å². The zero-order chi connectivity index (χ0) is 19.8. The Morgan fingerprint density at radius 1 is 1.36 bits per heavy atom. The van der Waals surface area contributed by atoms with Crippen LogP contribution in [0.1, 0.15) is 45.0 Å². The van der Waals surface area contributed by atoms with E-state index in [4.69, 9.17) is 0 Å². The second kappa shape index (κ2) is 7.54. The van der Waals surface area contributed by atoms with Crippen molar-refractivity contribution in [3.63, 3.8) is 0 Å². The SMILES string of the molecule is Cc1nc(NC2CCN(C(=O)O)C([C@H]3CCNC3)C2)c2ncn(C(C)C)c2n1. The number of carboxylic acid groups (broad SMARTS) is 1. The van der Waals surface area contributed by atoms with Gasteiger partial charge in [-0.2, -0.15) is 0 Å². The van der Waals surface area contributed by atoms with Gasteiger partial charge in [0.1, 0.15) is 11.3 Å². The van der Waals surface area contributed by atoms with Gasteiger partial charge in [0.2, 0.25) is 0 Å². The van der Waals surface area contributed by atoms with E-state index >= 15 is 0 Å². The Bertz CT molecular complexity index is 859. The van der Waals surface area contributed by atoms with Gasteiger partial charge < -0.3 is 25.2 Å². The van der Waals surface area contributed by atoms with Crippen LogP contribution >= 0.6 is 0 Å². The van der Waals surface area contributed by atoms with Gasteiger partial charge in [-0.25, -0.2) is 19.7 Å². The number of rotatable bonds is 4. The Hall–Kier alpha value is -2.42. The van der Waals surface area contributed by atoms with E-state index in [1.165, 1.54) is 0 Å². The highest BCUT2D eigenvalue weighted by Crippen LogP contribution is 2.30. The van der Waals surface area contributed by atoms with Crippen LogP contribution in [-0.4, -0.2) is 67.3 Å². The molecule has 1 amide bonds. The first-order valence-electron chi connectivity index (χ1n) is 10.1. The van der Waals surface area contributed by atoms with E-state index in [0.29, 0.717) is 18.3 Å². The Morgan fingerprint density at radius 2 is 2.18 bits per heavy atom. The summed E-state index contributed by atoms with van der Waals surface area (Å²) in [7, 11) is 0. The van der Waals surface area contributed by atoms with Crippen molar-refractivity contribution in [2.24, 2.45) is 5.92 Å². The summed E-state index contributed by atoms with van der Waals surface area (Å²) >= 11 is 0. The number of likely N-dealkylation sites (tertiary alicyclic amines) is 1. The van der Waals surface area contributed by atoms with Crippen molar-refractivity contribution in [3.05, 3.63) is 12.2 Å². The molecule has 2 aromatic rings. The summed E-state index contributed by atoms with van der Waals surface area (Å²) in [4.78, 5) is 27.1. The lowest BCUT2D eigenvalue weighted by Crippen LogP contribution is -2.52. The third kappa shape index (κ3) is 3.50. The first-order chi connectivity index (χ1) is 13.4. The second-order valence-electron chi connectivity index (χ2n) is 8.20. The molecular formula is C19H29N7O2. The molecule has 0 aromatic carbocycles. The molecule has 2 saturated heterocycles. The molecule has 0 saturated carbocycles. The fraction of sp³-hybridized carbons (Fsp3) is 0.684. The van der Waals surface area contributed by atoms with E-state index in [-0.39, 0.29) is 18.1 Å². The molecule has 2 unspecified atom stereocenters. The number of nitrogens with zero attached hydrogens (tertiary/aromatic N) is 5. The monoisotopic (exact) mass is 387 g/mol. The van der Waals surface area contributed by atoms with Crippen molar-refractivity contribution in [2.45, 2.75) is 58.2 Å². The van der Waals surface area contributed by atoms with E-state index in [9.17, 15) is 9.90 Å². The minimum Gasteiger partial charge on any atom is -0.465 e. The maximum absolute atomic E-state index is 11.7. The topological polar surface area (TPSA) is 108 Å². The van der Waals surface area contributed by atoms with Crippen molar-refractivity contribution < 1.29 is 9.90 Å². The van der Waals surface area contributed by atoms with Gasteiger partial charge in [0.25, 0.3) is 0 Å². The number of fused-ring (bicyclic) bond motifs is 1. The summed E-state index contributed by atoms with van der Waals surface area (Å²) in [5.41, 5.74) is 1.61. The Kier molecular flexibility index (Phi) is 5.09. The normalized spacial score (nSPS) is 25.6. The number of imidazole rings is 1. The van der Waals surface area contributed by atoms with Crippen molar-refractivity contribution in [3.8, 4) is 0 Å². The number of hydrogen-bond acceptors (Lipinski definition) is 6. The van der Waals surface area contributed by atoms with Crippen molar-refractivity contribution in [1.82, 2.24) is 29.7 Å². The largest absolute Gasteiger partial charge is 0.465 e. The third-order valence-electron chi connectivity index (χ3n) is 5.96. The lowest BCUT2D eigenvalue weighted by Gasteiger charge is -2.41. The molecule has 2 fully saturated rings. The molecule has 0 aliphatic carbocycles. The number of carbonyl (C=O) groups is 1. The third-order valence-corrected chi connectivity index (χ3v) is 5.96. The van der Waals surface area contributed by atoms with Gasteiger partial charge in [-0.05, 0) is 59.0 Å². The van der Waals surface area contributed by atoms with Crippen LogP contribution in [0.4, 0.5) is 10.6 Å². The lowest BCUT2D eigenvalue weighted by atomic mass is 9.87. The van der Waals surface area contributed by atoms with Gasteiger partial charge in [-0.1, -0.05) is 0 Å². The molecule has 3 atom stereocenters. The summed E-state index contributed by atoms with van der Waals surface area (Å²) in [6, 6.07) is 0.471. The van der Waals surface area contributed by atoms with Crippen molar-refractivity contribution in [2.75, 3.05) is 25.0 Å². The summed E-state index contributed by atoms with van der Waals surface area (Å²) in [6.45, 7) is 8.49. The molecule has 2 aromatic heterocycles. The Labute approximate surface area is 164 Å². The first kappa shape index (κ1) is 18.9. The van der Waals surface area contributed by atoms with Crippen LogP contribution in [0.5, 0.6) is 0 Å². The van der Waals surface area contributed by atoms with Crippen molar-refractivity contribution >= 4 is 23.1 Å². The summed E-state index contributed by atoms with van der Waals surface area (Å²) < 4.78 is 2.05. The van der Waals surface area contributed by atoms with E-state index in [1.807, 2.05) is 13.3 Å². The minimum absolute atomic E-state index is 0.0328. The predicted molar refractivity (Wildman–Crippen MR) is 107 cm³/mol. The highest BCUT2D eigenvalue weighted by molar-refractivity contribution is 5.83. The maximum Gasteiger partial charge on any atom is 0.407 e. The zero-order valence-electron chi connectivity index (χ0n) is 16.7. The number of nitrogens with one attached hydrogen (secondary N) is 2. The fourth-order valence-corrected chi connectivity index (χ4v) is 4.52. The quantitative estimate of drug-likeness (QED) is 0.738. The van der Waals surface area contributed by atoms with Gasteiger partial charge in [-0.15, -0.1) is 0 Å². The van der Waals surface area contributed by atoms with Crippen LogP contribution in [0.15, 0.2) is 6.33 Å². The number of hydrogen-bond donors (Lipinski definition) is 3. The fourth-order valence-electron chi connectivity index (χ4n) is 4.52. The zero-order valence-corrected chi connectivity index (χ0v) is 16.7. The number of anilines is 1. The van der Waals surface area contributed by atoms with Crippen LogP contribution in [0.2, 0.25) is 0 Å². The van der Waals surface area contributed by atoms with Gasteiger partial charge >= 0.3 is 6.09 Å². The van der Waals surface area contributed by atoms with E-state index in [2.05, 4.69) is 44.0 Å². The molecule has 4 rings (SSSR count). The summed E-state index contributed by atoms with van der Waals surface area (Å²) in [6.07, 6.45) is 3.57. The number of amides is 1. The Balaban J connectivity index is 1.58. The van der Waals surface area contributed by atoms with Gasteiger partial charge in [0.05, 0.1) is 6.33 Å². The van der Waals surface area contributed by atoms with Crippen LogP contribution < -0.4 is 10.6 Å². The Morgan fingerprint density at radius 3 is 2.86 bits per heavy atom. The molecule has 3 N–H and O–H groups in total. The molecule has 0 radical (unpaired) electrons. The molecule has 9 nitrogen and oxygen atoms in total. The molecule has 2 aliphatic rings. The average molecular weight is 387 g/mol. The van der Waals surface area contributed by atoms with Gasteiger partial charge in [0.15, 0.2) is 11.5 Å². The predicted octanol–water partition coefficient (Wildman–Crippen LogP) is 2.25. The van der Waals surface area contributed by atoms with Crippen LogP contribution in [0, 0.1) is 12.8 Å². The summed E-state index contributed by atoms with van der Waals surface area (Å²) in [5.74, 6) is 1.82.